The molecule has 0 saturated heterocycles. The summed E-state index contributed by atoms with van der Waals surface area (Å²) >= 11 is 5.02. The number of carbonyl (C=O) groups excluding carboxylic acids is 2. The Morgan fingerprint density at radius 3 is 2.00 bits per heavy atom. The van der Waals surface area contributed by atoms with Gasteiger partial charge in [0.25, 0.3) is 5.91 Å². The van der Waals surface area contributed by atoms with Crippen molar-refractivity contribution in [3.63, 3.8) is 0 Å². The van der Waals surface area contributed by atoms with Gasteiger partial charge in [-0.05, 0) is 54.2 Å². The molecule has 31 heavy (non-hydrogen) atoms. The normalized spacial score (nSPS) is 10.2. The topological polar surface area (TPSA) is 107 Å². The molecule has 2 aromatic rings. The van der Waals surface area contributed by atoms with Gasteiger partial charge >= 0.3 is 0 Å². The second-order valence-corrected chi connectivity index (χ2v) is 6.32. The van der Waals surface area contributed by atoms with Crippen molar-refractivity contribution in [3.05, 3.63) is 53.6 Å². The highest BCUT2D eigenvalue weighted by molar-refractivity contribution is 7.80. The molecular weight excluding hydrogens is 422 g/mol. The number of nitrogens with one attached hydrogen (secondary N) is 3. The zero-order valence-corrected chi connectivity index (χ0v) is 18.3. The molecule has 3 N–H and O–H groups in total. The summed E-state index contributed by atoms with van der Waals surface area (Å²) in [6.45, 7) is 0. The lowest BCUT2D eigenvalue weighted by molar-refractivity contribution is -0.115. The molecule has 164 valence electrons. The van der Waals surface area contributed by atoms with Crippen LogP contribution in [0, 0.1) is 0 Å². The van der Waals surface area contributed by atoms with Crippen molar-refractivity contribution in [2.24, 2.45) is 0 Å². The van der Waals surface area contributed by atoms with Gasteiger partial charge in [-0.3, -0.25) is 25.8 Å². The van der Waals surface area contributed by atoms with Crippen LogP contribution in [0.3, 0.4) is 0 Å². The lowest BCUT2D eigenvalue weighted by Gasteiger charge is -2.12. The van der Waals surface area contributed by atoms with Gasteiger partial charge in [0.2, 0.25) is 5.91 Å². The van der Waals surface area contributed by atoms with Crippen LogP contribution < -0.4 is 35.1 Å². The molecule has 0 radical (unpaired) electrons. The van der Waals surface area contributed by atoms with Crippen LogP contribution in [-0.4, -0.2) is 45.4 Å². The summed E-state index contributed by atoms with van der Waals surface area (Å²) in [5.41, 5.74) is 5.91. The molecule has 2 rings (SSSR count). The molecule has 9 nitrogen and oxygen atoms in total. The third kappa shape index (κ3) is 6.61. The maximum absolute atomic E-state index is 12.2. The molecule has 0 fully saturated rings. The quantitative estimate of drug-likeness (QED) is 0.338. The van der Waals surface area contributed by atoms with Gasteiger partial charge in [-0.2, -0.15) is 0 Å². The van der Waals surface area contributed by atoms with E-state index in [1.54, 1.807) is 43.5 Å². The van der Waals surface area contributed by atoms with E-state index in [0.29, 0.717) is 28.6 Å². The molecule has 0 unspecified atom stereocenters. The molecule has 10 heteroatoms. The number of thiocarbonyl (C=S) groups is 1. The number of benzene rings is 2. The van der Waals surface area contributed by atoms with E-state index < -0.39 is 11.8 Å². The van der Waals surface area contributed by atoms with Crippen LogP contribution in [0.15, 0.2) is 42.5 Å². The summed E-state index contributed by atoms with van der Waals surface area (Å²) in [7, 11) is 6.04. The summed E-state index contributed by atoms with van der Waals surface area (Å²) < 4.78 is 20.7. The van der Waals surface area contributed by atoms with E-state index in [0.717, 1.165) is 5.56 Å². The van der Waals surface area contributed by atoms with E-state index in [2.05, 4.69) is 16.2 Å². The first-order valence-corrected chi connectivity index (χ1v) is 9.36. The third-order valence-electron chi connectivity index (χ3n) is 4.01. The predicted molar refractivity (Wildman–Crippen MR) is 119 cm³/mol. The number of hydrazine groups is 1. The number of hydrogen-bond acceptors (Lipinski definition) is 7. The van der Waals surface area contributed by atoms with Gasteiger partial charge < -0.3 is 18.9 Å². The Morgan fingerprint density at radius 1 is 0.806 bits per heavy atom. The van der Waals surface area contributed by atoms with Crippen molar-refractivity contribution >= 4 is 35.2 Å². The number of rotatable bonds is 7. The van der Waals surface area contributed by atoms with Gasteiger partial charge in [0.05, 0.1) is 28.4 Å². The smallest absolute Gasteiger partial charge is 0.269 e. The maximum atomic E-state index is 12.2. The van der Waals surface area contributed by atoms with E-state index in [9.17, 15) is 9.59 Å². The Morgan fingerprint density at radius 2 is 1.39 bits per heavy atom. The van der Waals surface area contributed by atoms with Crippen molar-refractivity contribution in [1.82, 2.24) is 16.2 Å². The zero-order chi connectivity index (χ0) is 22.8. The van der Waals surface area contributed by atoms with Crippen LogP contribution in [-0.2, 0) is 4.79 Å². The van der Waals surface area contributed by atoms with Crippen LogP contribution in [0.2, 0.25) is 0 Å². The minimum absolute atomic E-state index is 0.0733. The predicted octanol–water partition coefficient (Wildman–Crippen LogP) is 2.07. The van der Waals surface area contributed by atoms with Gasteiger partial charge in [-0.15, -0.1) is 0 Å². The molecule has 0 aliphatic heterocycles. The third-order valence-corrected chi connectivity index (χ3v) is 4.21. The molecular formula is C21H23N3O6S. The fourth-order valence-electron chi connectivity index (χ4n) is 2.48. The van der Waals surface area contributed by atoms with E-state index >= 15 is 0 Å². The van der Waals surface area contributed by atoms with Gasteiger partial charge in [-0.25, -0.2) is 0 Å². The summed E-state index contributed by atoms with van der Waals surface area (Å²) in [4.78, 5) is 24.3. The van der Waals surface area contributed by atoms with Crippen LogP contribution in [0.1, 0.15) is 15.9 Å². The van der Waals surface area contributed by atoms with Crippen LogP contribution in [0.4, 0.5) is 0 Å². The molecule has 0 bridgehead atoms. The average Bonchev–Trinajstić information content (AvgIpc) is 2.80. The maximum Gasteiger partial charge on any atom is 0.269 e. The molecule has 0 aliphatic carbocycles. The van der Waals surface area contributed by atoms with Crippen molar-refractivity contribution < 1.29 is 28.5 Å². The highest BCUT2D eigenvalue weighted by atomic mass is 32.1. The second kappa shape index (κ2) is 11.4. The lowest BCUT2D eigenvalue weighted by atomic mass is 10.2. The molecule has 0 aliphatic rings. The average molecular weight is 445 g/mol. The SMILES string of the molecule is COc1ccc(C=CC(=O)NC(=S)NNC(=O)c2ccc(OC)c(OC)c2)cc1OC. The molecule has 0 atom stereocenters. The Balaban J connectivity index is 1.89. The van der Waals surface area contributed by atoms with Crippen molar-refractivity contribution in [2.75, 3.05) is 28.4 Å². The van der Waals surface area contributed by atoms with E-state index in [1.165, 1.54) is 33.5 Å². The first-order chi connectivity index (χ1) is 14.9. The number of amides is 2. The Bertz CT molecular complexity index is 993. The minimum atomic E-state index is -0.479. The standard InChI is InChI=1S/C21H23N3O6S/c1-27-15-8-5-13(11-17(15)29-3)6-10-19(25)22-21(31)24-23-20(26)14-7-9-16(28-2)18(12-14)30-4/h5-12H,1-4H3,(H,23,26)(H2,22,24,25,31). The number of methoxy groups -OCH3 is 4. The summed E-state index contributed by atoms with van der Waals surface area (Å²) in [5, 5.41) is 2.35. The van der Waals surface area contributed by atoms with Crippen molar-refractivity contribution in [2.45, 2.75) is 0 Å². The lowest BCUT2D eigenvalue weighted by Crippen LogP contribution is -2.48. The van der Waals surface area contributed by atoms with Gasteiger partial charge in [0.1, 0.15) is 0 Å². The monoisotopic (exact) mass is 445 g/mol. The van der Waals surface area contributed by atoms with E-state index in [-0.39, 0.29) is 5.11 Å². The van der Waals surface area contributed by atoms with Crippen molar-refractivity contribution in [1.29, 1.82) is 0 Å². The minimum Gasteiger partial charge on any atom is -0.493 e. The Kier molecular flexibility index (Phi) is 8.64. The summed E-state index contributed by atoms with van der Waals surface area (Å²) in [5.74, 6) is 1.08. The van der Waals surface area contributed by atoms with Gasteiger partial charge in [-0.1, -0.05) is 6.07 Å². The number of carbonyl (C=O) groups is 2. The molecule has 2 aromatic carbocycles. The second-order valence-electron chi connectivity index (χ2n) is 5.92. The van der Waals surface area contributed by atoms with E-state index in [4.69, 9.17) is 31.2 Å². The molecule has 0 spiro atoms. The molecule has 0 saturated carbocycles. The first-order valence-electron chi connectivity index (χ1n) is 8.95. The zero-order valence-electron chi connectivity index (χ0n) is 17.5. The van der Waals surface area contributed by atoms with Crippen LogP contribution >= 0.6 is 12.2 Å². The Labute approximate surface area is 185 Å². The Hall–Kier alpha value is -3.79. The molecule has 2 amide bonds. The van der Waals surface area contributed by atoms with Crippen LogP contribution in [0.25, 0.3) is 6.08 Å². The number of ether oxygens (including phenoxy) is 4. The highest BCUT2D eigenvalue weighted by Crippen LogP contribution is 2.28. The fraction of sp³-hybridized carbons (Fsp3) is 0.190. The van der Waals surface area contributed by atoms with Crippen molar-refractivity contribution in [3.8, 4) is 23.0 Å². The first kappa shape index (κ1) is 23.5. The van der Waals surface area contributed by atoms with Crippen LogP contribution in [0.5, 0.6) is 23.0 Å². The highest BCUT2D eigenvalue weighted by Gasteiger charge is 2.11. The summed E-state index contributed by atoms with van der Waals surface area (Å²) in [6.07, 6.45) is 2.88. The van der Waals surface area contributed by atoms with E-state index in [1.807, 2.05) is 0 Å². The molecule has 0 aromatic heterocycles. The fourth-order valence-corrected chi connectivity index (χ4v) is 2.63. The largest absolute Gasteiger partial charge is 0.493 e. The van der Waals surface area contributed by atoms with Gasteiger partial charge in [0, 0.05) is 11.6 Å². The number of hydrogen-bond donors (Lipinski definition) is 3. The van der Waals surface area contributed by atoms with Gasteiger partial charge in [0.15, 0.2) is 28.1 Å². The molecule has 0 heterocycles. The summed E-state index contributed by atoms with van der Waals surface area (Å²) in [6, 6.07) is 9.90.